The molecule has 0 aliphatic rings. The molecule has 0 atom stereocenters. The lowest BCUT2D eigenvalue weighted by molar-refractivity contribution is -0.137. The van der Waals surface area contributed by atoms with Crippen LogP contribution in [0.5, 0.6) is 0 Å². The molecule has 2 heterocycles. The second-order valence-electron chi connectivity index (χ2n) is 4.49. The fourth-order valence-corrected chi connectivity index (χ4v) is 2.08. The molecule has 3 rings (SSSR count). The van der Waals surface area contributed by atoms with Crippen LogP contribution >= 0.6 is 0 Å². The number of benzene rings is 1. The fraction of sp³-hybridized carbons (Fsp3) is 0.0714. The maximum atomic E-state index is 12.9. The number of hydrogen-bond donors (Lipinski definition) is 2. The number of amides is 1. The summed E-state index contributed by atoms with van der Waals surface area (Å²) in [6.45, 7) is 0. The lowest BCUT2D eigenvalue weighted by atomic mass is 10.1. The van der Waals surface area contributed by atoms with E-state index in [4.69, 9.17) is 0 Å². The molecule has 8 heteroatoms. The molecule has 3 aromatic rings. The van der Waals surface area contributed by atoms with Crippen molar-refractivity contribution in [2.75, 3.05) is 5.32 Å². The topological polar surface area (TPSA) is 70.7 Å². The summed E-state index contributed by atoms with van der Waals surface area (Å²) in [6, 6.07) is 6.11. The van der Waals surface area contributed by atoms with Gasteiger partial charge in [-0.15, -0.1) is 0 Å². The van der Waals surface area contributed by atoms with E-state index in [-0.39, 0.29) is 0 Å². The normalized spacial score (nSPS) is 11.6. The van der Waals surface area contributed by atoms with Gasteiger partial charge in [-0.1, -0.05) is 12.1 Å². The number of halogens is 3. The zero-order valence-corrected chi connectivity index (χ0v) is 11.0. The van der Waals surface area contributed by atoms with E-state index in [0.717, 1.165) is 12.1 Å². The minimum atomic E-state index is -4.60. The van der Waals surface area contributed by atoms with E-state index in [9.17, 15) is 18.0 Å². The van der Waals surface area contributed by atoms with E-state index in [1.807, 2.05) is 0 Å². The van der Waals surface area contributed by atoms with E-state index >= 15 is 0 Å². The Morgan fingerprint density at radius 1 is 1.18 bits per heavy atom. The smallest absolute Gasteiger partial charge is 0.321 e. The van der Waals surface area contributed by atoms with E-state index < -0.39 is 23.2 Å². The Kier molecular flexibility index (Phi) is 3.28. The summed E-state index contributed by atoms with van der Waals surface area (Å²) in [6.07, 6.45) is -1.74. The second-order valence-corrected chi connectivity index (χ2v) is 4.49. The molecule has 0 radical (unpaired) electrons. The van der Waals surface area contributed by atoms with E-state index in [1.54, 1.807) is 0 Å². The number of anilines is 1. The molecule has 0 spiro atoms. The van der Waals surface area contributed by atoms with Crippen LogP contribution < -0.4 is 5.32 Å². The lowest BCUT2D eigenvalue weighted by Crippen LogP contribution is -2.18. The first-order chi connectivity index (χ1) is 10.5. The monoisotopic (exact) mass is 306 g/mol. The molecule has 1 amide bonds. The number of aromatic amines is 1. The maximum Gasteiger partial charge on any atom is 0.417 e. The number of rotatable bonds is 2. The van der Waals surface area contributed by atoms with Gasteiger partial charge >= 0.3 is 6.18 Å². The van der Waals surface area contributed by atoms with Gasteiger partial charge in [0, 0.05) is 6.20 Å². The van der Waals surface area contributed by atoms with Gasteiger partial charge in [0.25, 0.3) is 5.91 Å². The number of H-pyrrole nitrogens is 1. The van der Waals surface area contributed by atoms with Crippen LogP contribution in [0.25, 0.3) is 11.0 Å². The second kappa shape index (κ2) is 5.14. The number of carbonyl (C=O) groups excluding carboxylic acids is 1. The van der Waals surface area contributed by atoms with Gasteiger partial charge in [0.2, 0.25) is 0 Å². The van der Waals surface area contributed by atoms with Crippen LogP contribution in [-0.2, 0) is 6.18 Å². The number of hydrogen-bond acceptors (Lipinski definition) is 3. The quantitative estimate of drug-likeness (QED) is 0.763. The van der Waals surface area contributed by atoms with Gasteiger partial charge in [0.1, 0.15) is 0 Å². The Labute approximate surface area is 122 Å². The highest BCUT2D eigenvalue weighted by atomic mass is 19.4. The van der Waals surface area contributed by atoms with E-state index in [2.05, 4.69) is 20.5 Å². The molecular weight excluding hydrogens is 297 g/mol. The van der Waals surface area contributed by atoms with Crippen molar-refractivity contribution in [2.24, 2.45) is 0 Å². The molecule has 0 fully saturated rings. The summed E-state index contributed by atoms with van der Waals surface area (Å²) in [7, 11) is 0. The van der Waals surface area contributed by atoms with Crippen molar-refractivity contribution in [1.29, 1.82) is 0 Å². The first-order valence-electron chi connectivity index (χ1n) is 6.22. The van der Waals surface area contributed by atoms with Crippen molar-refractivity contribution in [3.8, 4) is 0 Å². The zero-order valence-electron chi connectivity index (χ0n) is 11.0. The molecule has 0 saturated heterocycles. The first-order valence-corrected chi connectivity index (χ1v) is 6.22. The van der Waals surface area contributed by atoms with Gasteiger partial charge in [0.05, 0.1) is 28.4 Å². The third-order valence-electron chi connectivity index (χ3n) is 3.08. The number of alkyl halides is 3. The maximum absolute atomic E-state index is 12.9. The Hall–Kier alpha value is -2.90. The molecule has 1 aromatic carbocycles. The molecule has 0 aliphatic carbocycles. The molecular formula is C14H9F3N4O. The minimum absolute atomic E-state index is 0.334. The van der Waals surface area contributed by atoms with Crippen molar-refractivity contribution in [3.63, 3.8) is 0 Å². The van der Waals surface area contributed by atoms with Gasteiger partial charge in [-0.2, -0.15) is 18.3 Å². The summed E-state index contributed by atoms with van der Waals surface area (Å²) >= 11 is 0. The van der Waals surface area contributed by atoms with Crippen LogP contribution in [0, 0.1) is 0 Å². The first kappa shape index (κ1) is 14.1. The third kappa shape index (κ3) is 2.50. The summed E-state index contributed by atoms with van der Waals surface area (Å²) in [4.78, 5) is 16.2. The Balaban J connectivity index is 1.98. The van der Waals surface area contributed by atoms with E-state index in [0.29, 0.717) is 16.7 Å². The number of nitrogens with one attached hydrogen (secondary N) is 2. The minimum Gasteiger partial charge on any atom is -0.321 e. The number of aromatic nitrogens is 3. The van der Waals surface area contributed by atoms with Crippen LogP contribution in [-0.4, -0.2) is 21.1 Å². The Morgan fingerprint density at radius 2 is 1.95 bits per heavy atom. The molecule has 2 aromatic heterocycles. The summed E-state index contributed by atoms with van der Waals surface area (Å²) in [5.74, 6) is -0.846. The highest BCUT2D eigenvalue weighted by molar-refractivity contribution is 6.09. The van der Waals surface area contributed by atoms with Crippen LogP contribution in [0.4, 0.5) is 18.9 Å². The fourth-order valence-electron chi connectivity index (χ4n) is 2.08. The molecule has 0 saturated carbocycles. The predicted molar refractivity (Wildman–Crippen MR) is 73.3 cm³/mol. The third-order valence-corrected chi connectivity index (χ3v) is 3.08. The highest BCUT2D eigenvalue weighted by Gasteiger charge is 2.34. The molecule has 0 unspecified atom stereocenters. The lowest BCUT2D eigenvalue weighted by Gasteiger charge is -2.12. The van der Waals surface area contributed by atoms with E-state index in [1.165, 1.54) is 30.6 Å². The van der Waals surface area contributed by atoms with Gasteiger partial charge in [-0.3, -0.25) is 9.89 Å². The zero-order chi connectivity index (χ0) is 15.7. The van der Waals surface area contributed by atoms with Crippen LogP contribution in [0.15, 0.2) is 42.7 Å². The van der Waals surface area contributed by atoms with Crippen molar-refractivity contribution < 1.29 is 18.0 Å². The Bertz CT molecular complexity index is 841. The standard InChI is InChI=1S/C14H9F3N4O/c15-14(16,17)10-4-2-1-3-8(10)13(22)20-11-5-6-18-12-9(11)7-19-21-12/h1-7H,(H2,18,19,20,21,22). The van der Waals surface area contributed by atoms with Crippen molar-refractivity contribution in [3.05, 3.63) is 53.9 Å². The predicted octanol–water partition coefficient (Wildman–Crippen LogP) is 3.23. The SMILES string of the molecule is O=C(Nc1ccnc2[nH]ncc12)c1ccccc1C(F)(F)F. The van der Waals surface area contributed by atoms with Gasteiger partial charge in [-0.05, 0) is 18.2 Å². The summed E-state index contributed by atoms with van der Waals surface area (Å²) in [5.41, 5.74) is -0.656. The van der Waals surface area contributed by atoms with Crippen molar-refractivity contribution in [2.45, 2.75) is 6.18 Å². The molecule has 22 heavy (non-hydrogen) atoms. The van der Waals surface area contributed by atoms with Crippen molar-refractivity contribution >= 4 is 22.6 Å². The molecule has 2 N–H and O–H groups in total. The van der Waals surface area contributed by atoms with Gasteiger partial charge in [-0.25, -0.2) is 4.98 Å². The van der Waals surface area contributed by atoms with Crippen LogP contribution in [0.2, 0.25) is 0 Å². The van der Waals surface area contributed by atoms with Crippen LogP contribution in [0.3, 0.4) is 0 Å². The van der Waals surface area contributed by atoms with Crippen molar-refractivity contribution in [1.82, 2.24) is 15.2 Å². The highest BCUT2D eigenvalue weighted by Crippen LogP contribution is 2.32. The largest absolute Gasteiger partial charge is 0.417 e. The molecule has 5 nitrogen and oxygen atoms in total. The molecule has 112 valence electrons. The average Bonchev–Trinajstić information content (AvgIpc) is 2.96. The number of nitrogens with zero attached hydrogens (tertiary/aromatic N) is 2. The molecule has 0 aliphatic heterocycles. The molecule has 0 bridgehead atoms. The van der Waals surface area contributed by atoms with Crippen LogP contribution in [0.1, 0.15) is 15.9 Å². The number of carbonyl (C=O) groups is 1. The summed E-state index contributed by atoms with van der Waals surface area (Å²) in [5, 5.41) is 9.37. The average molecular weight is 306 g/mol. The summed E-state index contributed by atoms with van der Waals surface area (Å²) < 4.78 is 38.8. The Morgan fingerprint density at radius 3 is 2.73 bits per heavy atom. The number of pyridine rings is 1. The van der Waals surface area contributed by atoms with Gasteiger partial charge in [0.15, 0.2) is 5.65 Å². The van der Waals surface area contributed by atoms with Gasteiger partial charge < -0.3 is 5.32 Å². The number of fused-ring (bicyclic) bond motifs is 1.